The van der Waals surface area contributed by atoms with Gasteiger partial charge >= 0.3 is 0 Å². The third kappa shape index (κ3) is 2.14. The van der Waals surface area contributed by atoms with Gasteiger partial charge in [-0.3, -0.25) is 0 Å². The van der Waals surface area contributed by atoms with E-state index < -0.39 is 0 Å². The second-order valence-electron chi connectivity index (χ2n) is 9.16. The average Bonchev–Trinajstić information content (AvgIpc) is 2.47. The minimum Gasteiger partial charge on any atom is -0.393 e. The van der Waals surface area contributed by atoms with Gasteiger partial charge in [-0.2, -0.15) is 0 Å². The predicted molar refractivity (Wildman–Crippen MR) is 90.4 cm³/mol. The van der Waals surface area contributed by atoms with Crippen molar-refractivity contribution >= 4 is 0 Å². The van der Waals surface area contributed by atoms with E-state index in [1.54, 1.807) is 0 Å². The Morgan fingerprint density at radius 2 is 1.82 bits per heavy atom. The van der Waals surface area contributed by atoms with E-state index >= 15 is 0 Å². The highest BCUT2D eigenvalue weighted by Crippen LogP contribution is 2.63. The summed E-state index contributed by atoms with van der Waals surface area (Å²) < 4.78 is 0. The van der Waals surface area contributed by atoms with Crippen molar-refractivity contribution < 1.29 is 10.2 Å². The van der Waals surface area contributed by atoms with E-state index in [4.69, 9.17) is 0 Å². The molecule has 2 nitrogen and oxygen atoms in total. The van der Waals surface area contributed by atoms with Crippen LogP contribution >= 0.6 is 0 Å². The smallest absolute Gasteiger partial charge is 0.0756 e. The molecule has 2 fully saturated rings. The van der Waals surface area contributed by atoms with Crippen LogP contribution in [0.5, 0.6) is 0 Å². The molecule has 6 unspecified atom stereocenters. The summed E-state index contributed by atoms with van der Waals surface area (Å²) in [5, 5.41) is 21.7. The van der Waals surface area contributed by atoms with E-state index in [1.807, 2.05) is 6.08 Å². The zero-order valence-corrected chi connectivity index (χ0v) is 14.6. The molecule has 2 saturated carbocycles. The van der Waals surface area contributed by atoms with Crippen molar-refractivity contribution in [1.82, 2.24) is 0 Å². The lowest BCUT2D eigenvalue weighted by molar-refractivity contribution is -0.157. The zero-order chi connectivity index (χ0) is 16.3. The van der Waals surface area contributed by atoms with Gasteiger partial charge in [-0.25, -0.2) is 0 Å². The minimum absolute atomic E-state index is 0.00878. The summed E-state index contributed by atoms with van der Waals surface area (Å²) in [6.45, 7) is 13.1. The van der Waals surface area contributed by atoms with Crippen LogP contribution in [0.1, 0.15) is 59.8 Å². The van der Waals surface area contributed by atoms with Gasteiger partial charge in [0, 0.05) is 10.8 Å². The first-order valence-corrected chi connectivity index (χ1v) is 8.86. The maximum Gasteiger partial charge on any atom is 0.0756 e. The van der Waals surface area contributed by atoms with E-state index in [2.05, 4.69) is 40.3 Å². The molecule has 0 aromatic heterocycles. The summed E-state index contributed by atoms with van der Waals surface area (Å²) >= 11 is 0. The summed E-state index contributed by atoms with van der Waals surface area (Å²) in [4.78, 5) is 0. The molecule has 3 rings (SSSR count). The number of aliphatic hydroxyl groups excluding tert-OH is 2. The molecule has 0 aromatic carbocycles. The number of aliphatic hydroxyl groups is 2. The second-order valence-corrected chi connectivity index (χ2v) is 9.16. The van der Waals surface area contributed by atoms with Crippen LogP contribution < -0.4 is 0 Å². The van der Waals surface area contributed by atoms with Gasteiger partial charge in [-0.15, -0.1) is 6.58 Å². The minimum atomic E-state index is -0.354. The first-order valence-electron chi connectivity index (χ1n) is 8.86. The third-order valence-corrected chi connectivity index (χ3v) is 7.41. The van der Waals surface area contributed by atoms with E-state index in [9.17, 15) is 10.2 Å². The topological polar surface area (TPSA) is 40.5 Å². The zero-order valence-electron chi connectivity index (χ0n) is 14.6. The molecular formula is C20H32O2. The number of hydrogen-bond acceptors (Lipinski definition) is 2. The largest absolute Gasteiger partial charge is 0.393 e. The van der Waals surface area contributed by atoms with Gasteiger partial charge < -0.3 is 10.2 Å². The molecule has 0 aromatic rings. The monoisotopic (exact) mass is 304 g/mol. The number of rotatable bonds is 1. The maximum atomic E-state index is 10.9. The summed E-state index contributed by atoms with van der Waals surface area (Å²) in [5.74, 6) is 0.692. The van der Waals surface area contributed by atoms with Crippen molar-refractivity contribution in [2.75, 3.05) is 0 Å². The number of fused-ring (bicyclic) bond motifs is 3. The van der Waals surface area contributed by atoms with Crippen molar-refractivity contribution in [2.45, 2.75) is 72.0 Å². The Kier molecular flexibility index (Phi) is 3.66. The van der Waals surface area contributed by atoms with Gasteiger partial charge in [-0.05, 0) is 54.9 Å². The summed E-state index contributed by atoms with van der Waals surface area (Å²) in [5.41, 5.74) is 1.25. The van der Waals surface area contributed by atoms with Crippen LogP contribution in [0.4, 0.5) is 0 Å². The summed E-state index contributed by atoms with van der Waals surface area (Å²) in [7, 11) is 0. The average molecular weight is 304 g/mol. The Bertz CT molecular complexity index is 506. The Morgan fingerprint density at radius 1 is 1.14 bits per heavy atom. The lowest BCUT2D eigenvalue weighted by Crippen LogP contribution is -2.59. The van der Waals surface area contributed by atoms with Crippen LogP contribution in [0.3, 0.4) is 0 Å². The van der Waals surface area contributed by atoms with E-state index in [-0.39, 0.29) is 28.5 Å². The molecule has 124 valence electrons. The van der Waals surface area contributed by atoms with Crippen molar-refractivity contribution in [2.24, 2.45) is 28.1 Å². The Balaban J connectivity index is 2.07. The lowest BCUT2D eigenvalue weighted by atomic mass is 9.44. The molecule has 0 amide bonds. The molecule has 0 bridgehead atoms. The summed E-state index contributed by atoms with van der Waals surface area (Å²) in [6.07, 6.45) is 8.50. The van der Waals surface area contributed by atoms with Crippen LogP contribution in [0.15, 0.2) is 24.3 Å². The quantitative estimate of drug-likeness (QED) is 0.717. The SMILES string of the molecule is C=CC1(C)C=C2C(O)CC3C(C)(C)CCC(O)C3(C)C2CC1. The molecule has 2 N–H and O–H groups in total. The first-order chi connectivity index (χ1) is 10.1. The van der Waals surface area contributed by atoms with Gasteiger partial charge in [0.25, 0.3) is 0 Å². The fourth-order valence-electron chi connectivity index (χ4n) is 5.81. The highest BCUT2D eigenvalue weighted by atomic mass is 16.3. The molecule has 0 spiro atoms. The summed E-state index contributed by atoms with van der Waals surface area (Å²) in [6, 6.07) is 0. The highest BCUT2D eigenvalue weighted by Gasteiger charge is 2.60. The fraction of sp³-hybridized carbons (Fsp3) is 0.800. The Hall–Kier alpha value is -0.600. The van der Waals surface area contributed by atoms with Gasteiger partial charge in [0.05, 0.1) is 12.2 Å². The normalized spacial score (nSPS) is 50.5. The van der Waals surface area contributed by atoms with Gasteiger partial charge in [0.1, 0.15) is 0 Å². The Labute approximate surface area is 135 Å². The molecule has 0 heterocycles. The first kappa shape index (κ1) is 16.3. The maximum absolute atomic E-state index is 10.9. The van der Waals surface area contributed by atoms with Crippen LogP contribution in [-0.2, 0) is 0 Å². The molecule has 0 aliphatic heterocycles. The Morgan fingerprint density at radius 3 is 2.45 bits per heavy atom. The van der Waals surface area contributed by atoms with Crippen LogP contribution in [0, 0.1) is 28.1 Å². The van der Waals surface area contributed by atoms with Crippen LogP contribution in [0.25, 0.3) is 0 Å². The number of allylic oxidation sites excluding steroid dienone is 2. The van der Waals surface area contributed by atoms with Gasteiger partial charge in [-0.1, -0.05) is 39.8 Å². The van der Waals surface area contributed by atoms with E-state index in [0.717, 1.165) is 32.1 Å². The molecular weight excluding hydrogens is 272 g/mol. The highest BCUT2D eigenvalue weighted by molar-refractivity contribution is 5.30. The second kappa shape index (κ2) is 4.95. The van der Waals surface area contributed by atoms with Crippen LogP contribution in [-0.4, -0.2) is 22.4 Å². The standard InChI is InChI=1S/C20H32O2/c1-6-19(4)10-7-14-13(12-19)15(21)11-16-18(2,3)9-8-17(22)20(14,16)5/h6,12,14-17,21-22H,1,7-11H2,2-5H3. The lowest BCUT2D eigenvalue weighted by Gasteiger charge is -2.62. The molecule has 0 saturated heterocycles. The van der Waals surface area contributed by atoms with E-state index in [0.29, 0.717) is 11.8 Å². The van der Waals surface area contributed by atoms with Crippen molar-refractivity contribution in [3.8, 4) is 0 Å². The molecule has 22 heavy (non-hydrogen) atoms. The van der Waals surface area contributed by atoms with Gasteiger partial charge in [0.15, 0.2) is 0 Å². The molecule has 3 aliphatic rings. The van der Waals surface area contributed by atoms with Crippen LogP contribution in [0.2, 0.25) is 0 Å². The van der Waals surface area contributed by atoms with Gasteiger partial charge in [0.2, 0.25) is 0 Å². The van der Waals surface area contributed by atoms with Crippen molar-refractivity contribution in [3.63, 3.8) is 0 Å². The molecule has 0 radical (unpaired) electrons. The van der Waals surface area contributed by atoms with E-state index in [1.165, 1.54) is 5.57 Å². The van der Waals surface area contributed by atoms with Crippen molar-refractivity contribution in [1.29, 1.82) is 0 Å². The molecule has 6 atom stereocenters. The predicted octanol–water partition coefficient (Wildman–Crippen LogP) is 4.08. The molecule has 2 heteroatoms. The van der Waals surface area contributed by atoms with Crippen molar-refractivity contribution in [3.05, 3.63) is 24.3 Å². The fourth-order valence-corrected chi connectivity index (χ4v) is 5.81. The molecule has 3 aliphatic carbocycles. The third-order valence-electron chi connectivity index (χ3n) is 7.41. The number of hydrogen-bond donors (Lipinski definition) is 2.